The fourth-order valence-electron chi connectivity index (χ4n) is 2.77. The fourth-order valence-corrected chi connectivity index (χ4v) is 3.95. The average molecular weight is 348 g/mol. The number of piperazine rings is 1. The Bertz CT molecular complexity index is 632. The number of nitrogens with zero attached hydrogens (tertiary/aromatic N) is 2. The first-order valence-electron chi connectivity index (χ1n) is 7.87. The summed E-state index contributed by atoms with van der Waals surface area (Å²) in [7, 11) is 1.94. The Kier molecular flexibility index (Phi) is 5.36. The number of anilines is 2. The highest BCUT2D eigenvalue weighted by atomic mass is 35.5. The monoisotopic (exact) mass is 347 g/mol. The molecule has 0 atom stereocenters. The van der Waals surface area contributed by atoms with Gasteiger partial charge in [0.15, 0.2) is 0 Å². The molecule has 23 heavy (non-hydrogen) atoms. The summed E-state index contributed by atoms with van der Waals surface area (Å²) in [4.78, 5) is 3.70. The van der Waals surface area contributed by atoms with Gasteiger partial charge in [-0.05, 0) is 66.9 Å². The van der Waals surface area contributed by atoms with Crippen molar-refractivity contribution in [3.05, 3.63) is 53.1 Å². The van der Waals surface area contributed by atoms with E-state index in [4.69, 9.17) is 11.6 Å². The molecule has 3 rings (SSSR count). The first-order valence-corrected chi connectivity index (χ1v) is 9.02. The molecule has 0 aliphatic carbocycles. The summed E-state index contributed by atoms with van der Waals surface area (Å²) in [6, 6.07) is 14.9. The van der Waals surface area contributed by atoms with Gasteiger partial charge in [-0.15, -0.1) is 0 Å². The van der Waals surface area contributed by atoms with Gasteiger partial charge in [-0.1, -0.05) is 11.6 Å². The Morgan fingerprint density at radius 3 is 2.30 bits per heavy atom. The predicted octanol–water partition coefficient (Wildman–Crippen LogP) is 4.52. The van der Waals surface area contributed by atoms with Crippen molar-refractivity contribution in [1.82, 2.24) is 4.31 Å². The van der Waals surface area contributed by atoms with Crippen molar-refractivity contribution in [3.63, 3.8) is 0 Å². The quantitative estimate of drug-likeness (QED) is 0.819. The second kappa shape index (κ2) is 7.47. The van der Waals surface area contributed by atoms with Gasteiger partial charge >= 0.3 is 0 Å². The summed E-state index contributed by atoms with van der Waals surface area (Å²) in [5.74, 6) is 0. The minimum absolute atomic E-state index is 0.821. The number of hydrogen-bond donors (Lipinski definition) is 1. The Hall–Kier alpha value is -1.36. The second-order valence-corrected chi connectivity index (χ2v) is 7.38. The van der Waals surface area contributed by atoms with Gasteiger partial charge in [0.2, 0.25) is 0 Å². The summed E-state index contributed by atoms with van der Waals surface area (Å²) in [6.07, 6.45) is 0. The Morgan fingerprint density at radius 2 is 1.70 bits per heavy atom. The molecule has 5 heteroatoms. The maximum Gasteiger partial charge on any atom is 0.0429 e. The van der Waals surface area contributed by atoms with Gasteiger partial charge in [0.05, 0.1) is 0 Å². The number of aryl methyl sites for hydroxylation is 1. The van der Waals surface area contributed by atoms with Crippen LogP contribution in [0.3, 0.4) is 0 Å². The first-order chi connectivity index (χ1) is 11.1. The molecule has 0 amide bonds. The highest BCUT2D eigenvalue weighted by Crippen LogP contribution is 2.28. The Morgan fingerprint density at radius 1 is 1.00 bits per heavy atom. The molecule has 1 aliphatic rings. The first kappa shape index (κ1) is 16.5. The molecule has 0 spiro atoms. The molecule has 1 heterocycles. The van der Waals surface area contributed by atoms with Gasteiger partial charge < -0.3 is 10.2 Å². The maximum atomic E-state index is 6.18. The van der Waals surface area contributed by atoms with Gasteiger partial charge in [0.25, 0.3) is 0 Å². The average Bonchev–Trinajstić information content (AvgIpc) is 2.55. The van der Waals surface area contributed by atoms with Crippen molar-refractivity contribution in [2.24, 2.45) is 0 Å². The van der Waals surface area contributed by atoms with Crippen LogP contribution in [0.15, 0.2) is 47.4 Å². The predicted molar refractivity (Wildman–Crippen MR) is 102 cm³/mol. The van der Waals surface area contributed by atoms with E-state index in [1.807, 2.05) is 25.1 Å². The van der Waals surface area contributed by atoms with Crippen molar-refractivity contribution < 1.29 is 0 Å². The second-order valence-electron chi connectivity index (χ2n) is 5.77. The molecule has 0 saturated carbocycles. The van der Waals surface area contributed by atoms with E-state index in [9.17, 15) is 0 Å². The third kappa shape index (κ3) is 4.34. The number of hydrogen-bond acceptors (Lipinski definition) is 4. The van der Waals surface area contributed by atoms with Crippen LogP contribution in [0, 0.1) is 6.92 Å². The lowest BCUT2D eigenvalue weighted by Crippen LogP contribution is -2.43. The van der Waals surface area contributed by atoms with E-state index in [0.29, 0.717) is 0 Å². The van der Waals surface area contributed by atoms with Gasteiger partial charge in [-0.2, -0.15) is 0 Å². The standard InChI is InChI=1S/C18H22ClN3S/c1-14-11-15(19)13-17(12-14)21-7-9-22(10-8-21)23-18-5-3-16(20-2)4-6-18/h3-6,11-13,20H,7-10H2,1-2H3. The van der Waals surface area contributed by atoms with Crippen LogP contribution in [0.5, 0.6) is 0 Å². The van der Waals surface area contributed by atoms with Crippen LogP contribution in [-0.2, 0) is 0 Å². The molecule has 1 fully saturated rings. The molecule has 1 aliphatic heterocycles. The minimum atomic E-state index is 0.821. The van der Waals surface area contributed by atoms with Crippen LogP contribution >= 0.6 is 23.5 Å². The summed E-state index contributed by atoms with van der Waals surface area (Å²) in [5.41, 5.74) is 3.60. The molecule has 1 N–H and O–H groups in total. The van der Waals surface area contributed by atoms with Crippen molar-refractivity contribution in [1.29, 1.82) is 0 Å². The van der Waals surface area contributed by atoms with Gasteiger partial charge in [-0.25, -0.2) is 4.31 Å². The van der Waals surface area contributed by atoms with E-state index in [-0.39, 0.29) is 0 Å². The van der Waals surface area contributed by atoms with Crippen LogP contribution in [0.4, 0.5) is 11.4 Å². The van der Waals surface area contributed by atoms with E-state index in [0.717, 1.165) is 36.9 Å². The lowest BCUT2D eigenvalue weighted by molar-refractivity contribution is 0.429. The maximum absolute atomic E-state index is 6.18. The van der Waals surface area contributed by atoms with E-state index < -0.39 is 0 Å². The molecule has 0 unspecified atom stereocenters. The summed E-state index contributed by atoms with van der Waals surface area (Å²) < 4.78 is 2.43. The van der Waals surface area contributed by atoms with E-state index in [1.54, 1.807) is 0 Å². The molecule has 0 aromatic heterocycles. The molecular weight excluding hydrogens is 326 g/mol. The van der Waals surface area contributed by atoms with Crippen LogP contribution in [0.1, 0.15) is 5.56 Å². The van der Waals surface area contributed by atoms with E-state index in [2.05, 4.69) is 57.8 Å². The van der Waals surface area contributed by atoms with Crippen LogP contribution in [-0.4, -0.2) is 37.5 Å². The lowest BCUT2D eigenvalue weighted by atomic mass is 10.2. The fraction of sp³-hybridized carbons (Fsp3) is 0.333. The summed E-state index contributed by atoms with van der Waals surface area (Å²) >= 11 is 8.02. The lowest BCUT2D eigenvalue weighted by Gasteiger charge is -2.35. The summed E-state index contributed by atoms with van der Waals surface area (Å²) in [5, 5.41) is 3.97. The van der Waals surface area contributed by atoms with Gasteiger partial charge in [0, 0.05) is 54.5 Å². The zero-order valence-corrected chi connectivity index (χ0v) is 15.1. The normalized spacial score (nSPS) is 15.7. The number of nitrogens with one attached hydrogen (secondary N) is 1. The molecule has 2 aromatic carbocycles. The third-order valence-electron chi connectivity index (χ3n) is 4.01. The van der Waals surface area contributed by atoms with E-state index in [1.165, 1.54) is 16.1 Å². The van der Waals surface area contributed by atoms with Gasteiger partial charge in [0.1, 0.15) is 0 Å². The molecular formula is C18H22ClN3S. The highest BCUT2D eigenvalue weighted by molar-refractivity contribution is 7.97. The van der Waals surface area contributed by atoms with Crippen LogP contribution in [0.25, 0.3) is 0 Å². The van der Waals surface area contributed by atoms with Crippen molar-refractivity contribution in [3.8, 4) is 0 Å². The number of rotatable bonds is 4. The van der Waals surface area contributed by atoms with Crippen molar-refractivity contribution >= 4 is 34.9 Å². The third-order valence-corrected chi connectivity index (χ3v) is 5.33. The Balaban J connectivity index is 1.57. The molecule has 3 nitrogen and oxygen atoms in total. The molecule has 1 saturated heterocycles. The molecule has 122 valence electrons. The number of benzene rings is 2. The summed E-state index contributed by atoms with van der Waals surface area (Å²) in [6.45, 7) is 6.24. The zero-order valence-electron chi connectivity index (χ0n) is 13.6. The van der Waals surface area contributed by atoms with E-state index >= 15 is 0 Å². The molecule has 0 radical (unpaired) electrons. The van der Waals surface area contributed by atoms with Crippen molar-refractivity contribution in [2.75, 3.05) is 43.4 Å². The largest absolute Gasteiger partial charge is 0.388 e. The minimum Gasteiger partial charge on any atom is -0.388 e. The van der Waals surface area contributed by atoms with Gasteiger partial charge in [-0.3, -0.25) is 0 Å². The number of halogens is 1. The highest BCUT2D eigenvalue weighted by Gasteiger charge is 2.18. The smallest absolute Gasteiger partial charge is 0.0429 e. The molecule has 0 bridgehead atoms. The Labute approximate surface area is 147 Å². The van der Waals surface area contributed by atoms with Crippen molar-refractivity contribution in [2.45, 2.75) is 11.8 Å². The topological polar surface area (TPSA) is 18.5 Å². The molecule has 2 aromatic rings. The van der Waals surface area contributed by atoms with Crippen LogP contribution < -0.4 is 10.2 Å². The zero-order chi connectivity index (χ0) is 16.2. The SMILES string of the molecule is CNc1ccc(SN2CCN(c3cc(C)cc(Cl)c3)CC2)cc1. The van der Waals surface area contributed by atoms with Crippen LogP contribution in [0.2, 0.25) is 5.02 Å².